The van der Waals surface area contributed by atoms with Gasteiger partial charge in [-0.05, 0) is 18.6 Å². The van der Waals surface area contributed by atoms with E-state index in [9.17, 15) is 4.21 Å². The third-order valence-corrected chi connectivity index (χ3v) is 3.74. The smallest absolute Gasteiger partial charge is 0.150 e. The Morgan fingerprint density at radius 2 is 2.36 bits per heavy atom. The van der Waals surface area contributed by atoms with Crippen molar-refractivity contribution in [3.8, 4) is 0 Å². The Morgan fingerprint density at radius 3 is 2.93 bits per heavy atom. The summed E-state index contributed by atoms with van der Waals surface area (Å²) in [6.07, 6.45) is 3.59. The van der Waals surface area contributed by atoms with Crippen molar-refractivity contribution in [2.24, 2.45) is 0 Å². The predicted molar refractivity (Wildman–Crippen MR) is 59.4 cm³/mol. The van der Waals surface area contributed by atoms with E-state index in [0.29, 0.717) is 10.7 Å². The number of aromatic nitrogens is 1. The minimum Gasteiger partial charge on any atom is -0.396 e. The fraction of sp³-hybridized carbons (Fsp3) is 0.500. The van der Waals surface area contributed by atoms with Gasteiger partial charge < -0.3 is 5.73 Å². The van der Waals surface area contributed by atoms with Crippen molar-refractivity contribution in [3.05, 3.63) is 18.3 Å². The molecule has 0 radical (unpaired) electrons. The van der Waals surface area contributed by atoms with Gasteiger partial charge in [-0.15, -0.1) is 0 Å². The first-order valence-corrected chi connectivity index (χ1v) is 5.99. The van der Waals surface area contributed by atoms with Gasteiger partial charge in [-0.2, -0.15) is 0 Å². The summed E-state index contributed by atoms with van der Waals surface area (Å²) in [4.78, 5) is 4.06. The van der Waals surface area contributed by atoms with E-state index < -0.39 is 10.8 Å². The fourth-order valence-corrected chi connectivity index (χ4v) is 2.57. The van der Waals surface area contributed by atoms with E-state index in [0.717, 1.165) is 12.8 Å². The second-order valence-corrected chi connectivity index (χ2v) is 5.08. The van der Waals surface area contributed by atoms with Crippen LogP contribution >= 0.6 is 0 Å². The molecule has 2 N–H and O–H groups in total. The summed E-state index contributed by atoms with van der Waals surface area (Å²) in [7, 11) is -1.08. The summed E-state index contributed by atoms with van der Waals surface area (Å²) < 4.78 is 11.9. The van der Waals surface area contributed by atoms with Gasteiger partial charge in [-0.25, -0.2) is 4.98 Å². The van der Waals surface area contributed by atoms with Gasteiger partial charge in [-0.3, -0.25) is 4.21 Å². The largest absolute Gasteiger partial charge is 0.396 e. The molecule has 3 nitrogen and oxygen atoms in total. The number of nitrogens with two attached hydrogens (primary N) is 1. The molecule has 78 valence electrons. The van der Waals surface area contributed by atoms with Gasteiger partial charge in [0, 0.05) is 11.4 Å². The quantitative estimate of drug-likeness (QED) is 0.830. The summed E-state index contributed by atoms with van der Waals surface area (Å²) in [5.74, 6) is 0. The summed E-state index contributed by atoms with van der Waals surface area (Å²) in [5, 5.41) is 0.644. The topological polar surface area (TPSA) is 56.0 Å². The van der Waals surface area contributed by atoms with Crippen LogP contribution in [0.25, 0.3) is 0 Å². The Kier molecular flexibility index (Phi) is 4.07. The van der Waals surface area contributed by atoms with Crippen molar-refractivity contribution in [3.63, 3.8) is 0 Å². The molecule has 1 aromatic heterocycles. The maximum Gasteiger partial charge on any atom is 0.150 e. The average molecular weight is 212 g/mol. The minimum absolute atomic E-state index is 0.122. The molecule has 0 saturated heterocycles. The normalized spacial score (nSPS) is 15.0. The third-order valence-electron chi connectivity index (χ3n) is 2.05. The molecule has 0 aliphatic rings. The summed E-state index contributed by atoms with van der Waals surface area (Å²) >= 11 is 0. The molecular weight excluding hydrogens is 196 g/mol. The number of pyridine rings is 1. The fourth-order valence-electron chi connectivity index (χ4n) is 1.28. The number of rotatable bonds is 4. The highest BCUT2D eigenvalue weighted by Crippen LogP contribution is 2.17. The second-order valence-electron chi connectivity index (χ2n) is 3.29. The highest BCUT2D eigenvalue weighted by atomic mass is 32.2. The highest BCUT2D eigenvalue weighted by Gasteiger charge is 2.15. The van der Waals surface area contributed by atoms with Crippen molar-refractivity contribution < 1.29 is 4.21 Å². The Bertz CT molecular complexity index is 328. The molecule has 0 spiro atoms. The molecule has 0 bridgehead atoms. The zero-order valence-corrected chi connectivity index (χ0v) is 9.38. The first-order chi connectivity index (χ1) is 6.66. The first kappa shape index (κ1) is 11.2. The summed E-state index contributed by atoms with van der Waals surface area (Å²) in [6.45, 7) is 4.04. The predicted octanol–water partition coefficient (Wildman–Crippen LogP) is 1.96. The lowest BCUT2D eigenvalue weighted by molar-refractivity contribution is 0.659. The minimum atomic E-state index is -1.08. The molecular formula is C10H16N2OS. The standard InChI is InChI=1S/C10H16N2OS/c1-3-5-8(2)14(13)10-9(11)6-4-7-12-10/h4,6-8H,3,5,11H2,1-2H3. The van der Waals surface area contributed by atoms with Crippen molar-refractivity contribution in [1.82, 2.24) is 4.98 Å². The Balaban J connectivity index is 2.84. The number of hydrogen-bond donors (Lipinski definition) is 1. The van der Waals surface area contributed by atoms with Crippen LogP contribution in [0.1, 0.15) is 26.7 Å². The van der Waals surface area contributed by atoms with Gasteiger partial charge in [0.1, 0.15) is 5.03 Å². The van der Waals surface area contributed by atoms with Crippen molar-refractivity contribution >= 4 is 16.5 Å². The summed E-state index contributed by atoms with van der Waals surface area (Å²) in [5.41, 5.74) is 6.22. The van der Waals surface area contributed by atoms with E-state index in [-0.39, 0.29) is 5.25 Å². The van der Waals surface area contributed by atoms with Gasteiger partial charge in [-0.1, -0.05) is 20.3 Å². The Morgan fingerprint density at radius 1 is 1.64 bits per heavy atom. The van der Waals surface area contributed by atoms with E-state index >= 15 is 0 Å². The summed E-state index contributed by atoms with van der Waals surface area (Å²) in [6, 6.07) is 3.49. The molecule has 2 unspecified atom stereocenters. The van der Waals surface area contributed by atoms with E-state index in [1.165, 1.54) is 0 Å². The van der Waals surface area contributed by atoms with Gasteiger partial charge in [0.15, 0.2) is 0 Å². The van der Waals surface area contributed by atoms with Crippen LogP contribution in [0.2, 0.25) is 0 Å². The SMILES string of the molecule is CCCC(C)S(=O)c1ncccc1N. The van der Waals surface area contributed by atoms with E-state index in [2.05, 4.69) is 11.9 Å². The van der Waals surface area contributed by atoms with Crippen molar-refractivity contribution in [1.29, 1.82) is 0 Å². The lowest BCUT2D eigenvalue weighted by Gasteiger charge is -2.10. The second kappa shape index (κ2) is 5.10. The lowest BCUT2D eigenvalue weighted by Crippen LogP contribution is -2.13. The molecule has 0 amide bonds. The van der Waals surface area contributed by atoms with Crippen molar-refractivity contribution in [2.75, 3.05) is 5.73 Å². The van der Waals surface area contributed by atoms with Gasteiger partial charge >= 0.3 is 0 Å². The van der Waals surface area contributed by atoms with Gasteiger partial charge in [0.05, 0.1) is 16.5 Å². The number of hydrogen-bond acceptors (Lipinski definition) is 3. The Hall–Kier alpha value is -0.900. The lowest BCUT2D eigenvalue weighted by atomic mass is 10.3. The zero-order valence-electron chi connectivity index (χ0n) is 8.56. The van der Waals surface area contributed by atoms with Crippen LogP contribution in [0.4, 0.5) is 5.69 Å². The Labute approximate surface area is 87.2 Å². The maximum absolute atomic E-state index is 11.9. The molecule has 0 fully saturated rings. The molecule has 1 aromatic rings. The molecule has 4 heteroatoms. The maximum atomic E-state index is 11.9. The van der Waals surface area contributed by atoms with Crippen LogP contribution in [0.5, 0.6) is 0 Å². The molecule has 0 aromatic carbocycles. The van der Waals surface area contributed by atoms with Crippen LogP contribution in [-0.2, 0) is 10.8 Å². The number of nitrogens with zero attached hydrogens (tertiary/aromatic N) is 1. The third kappa shape index (κ3) is 2.54. The molecule has 14 heavy (non-hydrogen) atoms. The van der Waals surface area contributed by atoms with Crippen LogP contribution in [-0.4, -0.2) is 14.4 Å². The monoisotopic (exact) mass is 212 g/mol. The average Bonchev–Trinajstić information content (AvgIpc) is 2.18. The van der Waals surface area contributed by atoms with Crippen LogP contribution < -0.4 is 5.73 Å². The molecule has 0 aliphatic heterocycles. The van der Waals surface area contributed by atoms with E-state index in [1.807, 2.05) is 6.92 Å². The van der Waals surface area contributed by atoms with Gasteiger partial charge in [0.2, 0.25) is 0 Å². The number of nitrogen functional groups attached to an aromatic ring is 1. The van der Waals surface area contributed by atoms with Crippen LogP contribution in [0.3, 0.4) is 0 Å². The van der Waals surface area contributed by atoms with E-state index in [1.54, 1.807) is 18.3 Å². The van der Waals surface area contributed by atoms with Crippen LogP contribution in [0, 0.1) is 0 Å². The van der Waals surface area contributed by atoms with E-state index in [4.69, 9.17) is 5.73 Å². The number of anilines is 1. The molecule has 0 saturated carbocycles. The first-order valence-electron chi connectivity index (χ1n) is 4.78. The molecule has 2 atom stereocenters. The van der Waals surface area contributed by atoms with Crippen molar-refractivity contribution in [2.45, 2.75) is 37.0 Å². The van der Waals surface area contributed by atoms with Crippen LogP contribution in [0.15, 0.2) is 23.4 Å². The van der Waals surface area contributed by atoms with Gasteiger partial charge in [0.25, 0.3) is 0 Å². The molecule has 0 aliphatic carbocycles. The molecule has 1 heterocycles. The molecule has 1 rings (SSSR count). The zero-order chi connectivity index (χ0) is 10.6. The highest BCUT2D eigenvalue weighted by molar-refractivity contribution is 7.85.